The van der Waals surface area contributed by atoms with E-state index >= 15 is 0 Å². The smallest absolute Gasteiger partial charge is 0.328 e. The molecule has 8 nitrogen and oxygen atoms in total. The second-order valence-corrected chi connectivity index (χ2v) is 4.70. The van der Waals surface area contributed by atoms with Gasteiger partial charge in [0.25, 0.3) is 0 Å². The molecular formula is C11H15N3O5. The summed E-state index contributed by atoms with van der Waals surface area (Å²) in [5.74, 6) is -1.71. The van der Waals surface area contributed by atoms with Crippen LogP contribution in [-0.4, -0.2) is 28.2 Å². The van der Waals surface area contributed by atoms with Gasteiger partial charge in [0.15, 0.2) is 0 Å². The third kappa shape index (κ3) is 4.41. The highest BCUT2D eigenvalue weighted by Gasteiger charge is 2.30. The number of nitrogens with zero attached hydrogens (tertiary/aromatic N) is 1. The van der Waals surface area contributed by atoms with Gasteiger partial charge in [-0.15, -0.1) is 0 Å². The maximum absolute atomic E-state index is 11.5. The number of hydrogen-bond donors (Lipinski definition) is 3. The number of nitrogens with one attached hydrogen (secondary N) is 2. The molecule has 1 rings (SSSR count). The summed E-state index contributed by atoms with van der Waals surface area (Å²) < 4.78 is 4.73. The molecule has 0 spiro atoms. The van der Waals surface area contributed by atoms with Crippen LogP contribution in [-0.2, 0) is 9.59 Å². The Hall–Kier alpha value is -2.38. The van der Waals surface area contributed by atoms with E-state index in [9.17, 15) is 14.4 Å². The highest BCUT2D eigenvalue weighted by molar-refractivity contribution is 6.01. The molecule has 0 radical (unpaired) electrons. The van der Waals surface area contributed by atoms with Gasteiger partial charge in [-0.25, -0.2) is 4.79 Å². The lowest BCUT2D eigenvalue weighted by Gasteiger charge is -2.17. The molecule has 8 heteroatoms. The van der Waals surface area contributed by atoms with E-state index in [2.05, 4.69) is 10.5 Å². The van der Waals surface area contributed by atoms with Crippen molar-refractivity contribution in [1.29, 1.82) is 0 Å². The zero-order valence-corrected chi connectivity index (χ0v) is 10.8. The Kier molecular flexibility index (Phi) is 4.26. The topological polar surface area (TPSA) is 122 Å². The van der Waals surface area contributed by atoms with Crippen molar-refractivity contribution in [3.8, 4) is 0 Å². The van der Waals surface area contributed by atoms with Crippen LogP contribution in [0.4, 0.5) is 10.7 Å². The van der Waals surface area contributed by atoms with Crippen LogP contribution in [0, 0.1) is 12.3 Å². The average Bonchev–Trinajstić information content (AvgIpc) is 2.61. The second-order valence-electron chi connectivity index (χ2n) is 4.70. The quantitative estimate of drug-likeness (QED) is 0.753. The number of carbonyl (C=O) groups is 3. The number of hydrogen-bond acceptors (Lipinski definition) is 5. The van der Waals surface area contributed by atoms with Gasteiger partial charge in [0.1, 0.15) is 0 Å². The minimum atomic E-state index is -1.24. The first-order valence-corrected chi connectivity index (χ1v) is 5.48. The number of rotatable bonds is 4. The van der Waals surface area contributed by atoms with Gasteiger partial charge >= 0.3 is 12.0 Å². The van der Waals surface area contributed by atoms with Crippen LogP contribution in [0.3, 0.4) is 0 Å². The fourth-order valence-electron chi connectivity index (χ4n) is 1.21. The third-order valence-electron chi connectivity index (χ3n) is 2.30. The fraction of sp³-hybridized carbons (Fsp3) is 0.455. The molecule has 3 N–H and O–H groups in total. The summed E-state index contributed by atoms with van der Waals surface area (Å²) in [6.45, 7) is 4.46. The van der Waals surface area contributed by atoms with E-state index in [1.165, 1.54) is 19.9 Å². The molecule has 19 heavy (non-hydrogen) atoms. The molecule has 104 valence electrons. The molecule has 0 saturated heterocycles. The van der Waals surface area contributed by atoms with E-state index in [-0.39, 0.29) is 12.3 Å². The number of carboxylic acids is 1. The Morgan fingerprint density at radius 3 is 2.53 bits per heavy atom. The summed E-state index contributed by atoms with van der Waals surface area (Å²) >= 11 is 0. The van der Waals surface area contributed by atoms with Gasteiger partial charge in [-0.05, 0) is 20.8 Å². The van der Waals surface area contributed by atoms with Crippen LogP contribution >= 0.6 is 0 Å². The van der Waals surface area contributed by atoms with Crippen molar-refractivity contribution >= 4 is 23.8 Å². The summed E-state index contributed by atoms with van der Waals surface area (Å²) in [6, 6.07) is 0.674. The number of aromatic nitrogens is 1. The maximum Gasteiger partial charge on any atom is 0.328 e. The Morgan fingerprint density at radius 1 is 1.42 bits per heavy atom. The van der Waals surface area contributed by atoms with Crippen molar-refractivity contribution in [3.05, 3.63) is 11.8 Å². The van der Waals surface area contributed by atoms with E-state index in [0.29, 0.717) is 5.69 Å². The largest absolute Gasteiger partial charge is 0.481 e. The van der Waals surface area contributed by atoms with Crippen LogP contribution in [0.15, 0.2) is 10.6 Å². The monoisotopic (exact) mass is 269 g/mol. The lowest BCUT2D eigenvalue weighted by molar-refractivity contribution is -0.149. The molecule has 0 aromatic carbocycles. The number of anilines is 1. The van der Waals surface area contributed by atoms with Gasteiger partial charge in [-0.3, -0.25) is 20.2 Å². The predicted molar refractivity (Wildman–Crippen MR) is 64.4 cm³/mol. The van der Waals surface area contributed by atoms with Gasteiger partial charge in [0, 0.05) is 12.5 Å². The fourth-order valence-corrected chi connectivity index (χ4v) is 1.21. The van der Waals surface area contributed by atoms with Gasteiger partial charge in [-0.1, -0.05) is 5.16 Å². The van der Waals surface area contributed by atoms with Crippen molar-refractivity contribution in [2.24, 2.45) is 5.41 Å². The highest BCUT2D eigenvalue weighted by atomic mass is 16.5. The van der Waals surface area contributed by atoms with Crippen molar-refractivity contribution in [2.75, 3.05) is 5.32 Å². The molecule has 0 unspecified atom stereocenters. The van der Waals surface area contributed by atoms with E-state index in [1.807, 2.05) is 5.32 Å². The summed E-state index contributed by atoms with van der Waals surface area (Å²) in [5.41, 5.74) is -0.665. The number of imide groups is 1. The first-order valence-electron chi connectivity index (χ1n) is 5.48. The van der Waals surface area contributed by atoms with Crippen LogP contribution in [0.25, 0.3) is 0 Å². The zero-order valence-electron chi connectivity index (χ0n) is 10.8. The Balaban J connectivity index is 2.49. The van der Waals surface area contributed by atoms with Gasteiger partial charge in [0.05, 0.1) is 11.1 Å². The first-order chi connectivity index (χ1) is 8.70. The third-order valence-corrected chi connectivity index (χ3v) is 2.30. The first kappa shape index (κ1) is 14.7. The molecule has 0 fully saturated rings. The van der Waals surface area contributed by atoms with Crippen molar-refractivity contribution in [2.45, 2.75) is 27.2 Å². The zero-order chi connectivity index (χ0) is 14.6. The molecule has 1 aromatic rings. The van der Waals surface area contributed by atoms with Crippen LogP contribution in [0.2, 0.25) is 0 Å². The standard InChI is InChI=1S/C11H15N3O5/c1-6-4-8(19-14-6)13-10(18)12-7(15)5-11(2,3)9(16)17/h4H,5H2,1-3H3,(H,16,17)(H2,12,13,15,18). The predicted octanol–water partition coefficient (Wildman–Crippen LogP) is 1.13. The molecule has 1 aromatic heterocycles. The van der Waals surface area contributed by atoms with E-state index in [4.69, 9.17) is 9.63 Å². The number of carboxylic acid groups (broad SMARTS) is 1. The molecule has 0 saturated carbocycles. The van der Waals surface area contributed by atoms with Crippen LogP contribution in [0.5, 0.6) is 0 Å². The average molecular weight is 269 g/mol. The van der Waals surface area contributed by atoms with E-state index < -0.39 is 23.3 Å². The van der Waals surface area contributed by atoms with Gasteiger partial charge in [0.2, 0.25) is 11.8 Å². The molecule has 0 atom stereocenters. The van der Waals surface area contributed by atoms with Gasteiger partial charge < -0.3 is 9.63 Å². The molecule has 0 bridgehead atoms. The minimum Gasteiger partial charge on any atom is -0.481 e. The molecule has 0 aliphatic rings. The SMILES string of the molecule is Cc1cc(NC(=O)NC(=O)CC(C)(C)C(=O)O)on1. The number of carbonyl (C=O) groups excluding carboxylic acids is 2. The van der Waals surface area contributed by atoms with Crippen molar-refractivity contribution in [1.82, 2.24) is 10.5 Å². The number of urea groups is 1. The van der Waals surface area contributed by atoms with E-state index in [0.717, 1.165) is 0 Å². The summed E-state index contributed by atoms with van der Waals surface area (Å²) in [7, 11) is 0. The van der Waals surface area contributed by atoms with Gasteiger partial charge in [-0.2, -0.15) is 0 Å². The van der Waals surface area contributed by atoms with Crippen LogP contribution < -0.4 is 10.6 Å². The normalized spacial score (nSPS) is 10.9. The molecular weight excluding hydrogens is 254 g/mol. The second kappa shape index (κ2) is 5.51. The highest BCUT2D eigenvalue weighted by Crippen LogP contribution is 2.20. The summed E-state index contributed by atoms with van der Waals surface area (Å²) in [5, 5.41) is 16.7. The minimum absolute atomic E-state index is 0.0975. The number of aliphatic carboxylic acids is 1. The Morgan fingerprint density at radius 2 is 2.05 bits per heavy atom. The Bertz CT molecular complexity index is 506. The molecule has 0 aliphatic carbocycles. The van der Waals surface area contributed by atoms with Crippen molar-refractivity contribution < 1.29 is 24.0 Å². The molecule has 0 aliphatic heterocycles. The number of amides is 3. The molecule has 1 heterocycles. The Labute approximate surface area is 109 Å². The lowest BCUT2D eigenvalue weighted by atomic mass is 9.89. The maximum atomic E-state index is 11.5. The number of aryl methyl sites for hydroxylation is 1. The summed E-state index contributed by atoms with van der Waals surface area (Å²) in [4.78, 5) is 33.7. The van der Waals surface area contributed by atoms with Crippen LogP contribution in [0.1, 0.15) is 26.0 Å². The van der Waals surface area contributed by atoms with Crippen molar-refractivity contribution in [3.63, 3.8) is 0 Å². The lowest BCUT2D eigenvalue weighted by Crippen LogP contribution is -2.38. The summed E-state index contributed by atoms with van der Waals surface area (Å²) in [6.07, 6.45) is -0.314. The van der Waals surface area contributed by atoms with E-state index in [1.54, 1.807) is 6.92 Å². The molecule has 3 amide bonds.